The second kappa shape index (κ2) is 6.15. The summed E-state index contributed by atoms with van der Waals surface area (Å²) in [5.74, 6) is 0.793. The summed E-state index contributed by atoms with van der Waals surface area (Å²) in [6.07, 6.45) is 0. The Morgan fingerprint density at radius 3 is 2.56 bits per heavy atom. The first kappa shape index (κ1) is 13.3. The van der Waals surface area contributed by atoms with Crippen LogP contribution >= 0.6 is 0 Å². The largest absolute Gasteiger partial charge is 0.497 e. The number of hydrogen-bond donors (Lipinski definition) is 2. The van der Waals surface area contributed by atoms with Crippen LogP contribution in [0, 0.1) is 5.92 Å². The number of aliphatic hydroxyl groups excluding tert-OH is 2. The third-order valence-corrected chi connectivity index (χ3v) is 3.29. The Hall–Kier alpha value is -1.14. The van der Waals surface area contributed by atoms with E-state index in [1.54, 1.807) is 12.2 Å². The summed E-state index contributed by atoms with van der Waals surface area (Å²) in [7, 11) is 1.63. The van der Waals surface area contributed by atoms with Crippen LogP contribution in [-0.4, -0.2) is 48.2 Å². The maximum Gasteiger partial charge on any atom is 0.118 e. The van der Waals surface area contributed by atoms with Crippen molar-refractivity contribution in [3.8, 4) is 5.75 Å². The molecule has 1 aromatic rings. The predicted octanol–water partition coefficient (Wildman–Crippen LogP) is 0.412. The summed E-state index contributed by atoms with van der Waals surface area (Å²) in [6.45, 7) is 1.06. The van der Waals surface area contributed by atoms with Gasteiger partial charge >= 0.3 is 0 Å². The highest BCUT2D eigenvalue weighted by molar-refractivity contribution is 5.27. The van der Waals surface area contributed by atoms with Gasteiger partial charge in [-0.15, -0.1) is 0 Å². The molecule has 1 heterocycles. The van der Waals surface area contributed by atoms with Gasteiger partial charge in [-0.25, -0.2) is 0 Å². The normalized spacial score (nSPS) is 24.4. The van der Waals surface area contributed by atoms with Crippen LogP contribution in [0.1, 0.15) is 5.56 Å². The molecule has 0 aromatic heterocycles. The predicted molar refractivity (Wildman–Crippen MR) is 65.9 cm³/mol. The zero-order chi connectivity index (χ0) is 13.0. The Kier molecular flexibility index (Phi) is 4.54. The van der Waals surface area contributed by atoms with Crippen molar-refractivity contribution in [1.82, 2.24) is 5.06 Å². The molecule has 1 aliphatic heterocycles. The molecular weight excluding hydrogens is 234 g/mol. The molecule has 2 atom stereocenters. The summed E-state index contributed by atoms with van der Waals surface area (Å²) in [5.41, 5.74) is 1.08. The Bertz CT molecular complexity index is 368. The molecular formula is C13H19NO4. The van der Waals surface area contributed by atoms with Crippen LogP contribution in [0.3, 0.4) is 0 Å². The van der Waals surface area contributed by atoms with E-state index in [0.29, 0.717) is 13.2 Å². The van der Waals surface area contributed by atoms with Crippen LogP contribution in [0.4, 0.5) is 0 Å². The van der Waals surface area contributed by atoms with E-state index in [4.69, 9.17) is 9.57 Å². The van der Waals surface area contributed by atoms with Crippen molar-refractivity contribution < 1.29 is 19.8 Å². The molecule has 5 nitrogen and oxygen atoms in total. The highest BCUT2D eigenvalue weighted by atomic mass is 16.7. The van der Waals surface area contributed by atoms with Crippen LogP contribution in [0.25, 0.3) is 0 Å². The monoisotopic (exact) mass is 253 g/mol. The fourth-order valence-corrected chi connectivity index (χ4v) is 2.12. The van der Waals surface area contributed by atoms with Crippen LogP contribution in [0.15, 0.2) is 24.3 Å². The molecule has 5 heteroatoms. The van der Waals surface area contributed by atoms with Gasteiger partial charge in [0.25, 0.3) is 0 Å². The molecule has 0 aliphatic carbocycles. The van der Waals surface area contributed by atoms with E-state index in [2.05, 4.69) is 0 Å². The first-order valence-electron chi connectivity index (χ1n) is 6.02. The number of methoxy groups -OCH3 is 1. The first-order chi connectivity index (χ1) is 8.78. The maximum absolute atomic E-state index is 9.35. The topological polar surface area (TPSA) is 62.2 Å². The third-order valence-electron chi connectivity index (χ3n) is 3.29. The molecule has 1 aromatic carbocycles. The Labute approximate surface area is 107 Å². The number of benzene rings is 1. The molecule has 1 fully saturated rings. The number of rotatable bonds is 5. The van der Waals surface area contributed by atoms with E-state index in [1.165, 1.54) is 0 Å². The van der Waals surface area contributed by atoms with E-state index in [0.717, 1.165) is 11.3 Å². The molecule has 1 saturated heterocycles. The minimum absolute atomic E-state index is 0.0125. The van der Waals surface area contributed by atoms with E-state index >= 15 is 0 Å². The van der Waals surface area contributed by atoms with Gasteiger partial charge in [-0.2, -0.15) is 5.06 Å². The van der Waals surface area contributed by atoms with Crippen molar-refractivity contribution in [3.05, 3.63) is 29.8 Å². The lowest BCUT2D eigenvalue weighted by Crippen LogP contribution is -2.36. The summed E-state index contributed by atoms with van der Waals surface area (Å²) < 4.78 is 5.10. The second-order valence-electron chi connectivity index (χ2n) is 4.41. The van der Waals surface area contributed by atoms with Gasteiger partial charge in [0.05, 0.1) is 26.4 Å². The highest BCUT2D eigenvalue weighted by Gasteiger charge is 2.34. The van der Waals surface area contributed by atoms with Gasteiger partial charge in [0.2, 0.25) is 0 Å². The molecule has 0 unspecified atom stereocenters. The molecule has 0 spiro atoms. The average molecular weight is 253 g/mol. The van der Waals surface area contributed by atoms with Crippen molar-refractivity contribution in [2.45, 2.75) is 12.6 Å². The van der Waals surface area contributed by atoms with Gasteiger partial charge < -0.3 is 14.9 Å². The van der Waals surface area contributed by atoms with Crippen molar-refractivity contribution in [3.63, 3.8) is 0 Å². The SMILES string of the molecule is COc1ccc(CN2OC[C@H](CO)[C@@H]2CO)cc1. The molecule has 2 N–H and O–H groups in total. The lowest BCUT2D eigenvalue weighted by molar-refractivity contribution is -0.146. The lowest BCUT2D eigenvalue weighted by atomic mass is 10.0. The Morgan fingerprint density at radius 1 is 1.28 bits per heavy atom. The van der Waals surface area contributed by atoms with Crippen LogP contribution in [0.2, 0.25) is 0 Å². The average Bonchev–Trinajstić information content (AvgIpc) is 2.81. The van der Waals surface area contributed by atoms with Gasteiger partial charge in [-0.3, -0.25) is 4.84 Å². The van der Waals surface area contributed by atoms with Gasteiger partial charge in [-0.1, -0.05) is 12.1 Å². The van der Waals surface area contributed by atoms with Crippen molar-refractivity contribution >= 4 is 0 Å². The number of hydroxylamine groups is 2. The summed E-state index contributed by atoms with van der Waals surface area (Å²) >= 11 is 0. The van der Waals surface area contributed by atoms with Gasteiger partial charge in [-0.05, 0) is 17.7 Å². The maximum atomic E-state index is 9.35. The number of aliphatic hydroxyl groups is 2. The summed E-state index contributed by atoms with van der Waals surface area (Å²) in [4.78, 5) is 5.50. The van der Waals surface area contributed by atoms with Crippen molar-refractivity contribution in [1.29, 1.82) is 0 Å². The first-order valence-corrected chi connectivity index (χ1v) is 6.02. The minimum atomic E-state index is -0.142. The fraction of sp³-hybridized carbons (Fsp3) is 0.538. The van der Waals surface area contributed by atoms with Crippen LogP contribution in [-0.2, 0) is 11.4 Å². The molecule has 1 aliphatic rings. The van der Waals surface area contributed by atoms with Gasteiger partial charge in [0.1, 0.15) is 5.75 Å². The molecule has 0 radical (unpaired) electrons. The molecule has 0 saturated carbocycles. The summed E-state index contributed by atoms with van der Waals surface area (Å²) in [6, 6.07) is 7.56. The van der Waals surface area contributed by atoms with E-state index in [1.807, 2.05) is 24.3 Å². The third kappa shape index (κ3) is 2.81. The number of nitrogens with zero attached hydrogens (tertiary/aromatic N) is 1. The lowest BCUT2D eigenvalue weighted by Gasteiger charge is -2.23. The molecule has 2 rings (SSSR count). The molecule has 18 heavy (non-hydrogen) atoms. The van der Waals surface area contributed by atoms with Gasteiger partial charge in [0, 0.05) is 19.1 Å². The Morgan fingerprint density at radius 2 is 2.00 bits per heavy atom. The Balaban J connectivity index is 2.00. The molecule has 100 valence electrons. The van der Waals surface area contributed by atoms with Crippen molar-refractivity contribution in [2.75, 3.05) is 26.9 Å². The standard InChI is InChI=1S/C13H19NO4/c1-17-12-4-2-10(3-5-12)6-14-13(8-16)11(7-15)9-18-14/h2-5,11,13,15-16H,6-9H2,1H3/t11-,13-/m0/s1. The highest BCUT2D eigenvalue weighted by Crippen LogP contribution is 2.23. The van der Waals surface area contributed by atoms with E-state index in [-0.39, 0.29) is 25.2 Å². The minimum Gasteiger partial charge on any atom is -0.497 e. The molecule has 0 bridgehead atoms. The van der Waals surface area contributed by atoms with E-state index in [9.17, 15) is 10.2 Å². The second-order valence-corrected chi connectivity index (χ2v) is 4.41. The van der Waals surface area contributed by atoms with E-state index < -0.39 is 0 Å². The van der Waals surface area contributed by atoms with Gasteiger partial charge in [0.15, 0.2) is 0 Å². The van der Waals surface area contributed by atoms with Crippen LogP contribution in [0.5, 0.6) is 5.75 Å². The zero-order valence-electron chi connectivity index (χ0n) is 10.5. The zero-order valence-corrected chi connectivity index (χ0v) is 10.5. The number of ether oxygens (including phenoxy) is 1. The smallest absolute Gasteiger partial charge is 0.118 e. The quantitative estimate of drug-likeness (QED) is 0.796. The van der Waals surface area contributed by atoms with Crippen LogP contribution < -0.4 is 4.74 Å². The summed E-state index contributed by atoms with van der Waals surface area (Å²) in [5, 5.41) is 20.3. The molecule has 0 amide bonds. The van der Waals surface area contributed by atoms with Crippen molar-refractivity contribution in [2.24, 2.45) is 5.92 Å². The number of hydrogen-bond acceptors (Lipinski definition) is 5. The fourth-order valence-electron chi connectivity index (χ4n) is 2.12.